The zero-order valence-electron chi connectivity index (χ0n) is 9.65. The van der Waals surface area contributed by atoms with Gasteiger partial charge in [0.15, 0.2) is 0 Å². The van der Waals surface area contributed by atoms with Crippen molar-refractivity contribution in [2.75, 3.05) is 6.54 Å². The van der Waals surface area contributed by atoms with E-state index in [2.05, 4.69) is 5.32 Å². The van der Waals surface area contributed by atoms with Crippen molar-refractivity contribution in [3.8, 4) is 0 Å². The van der Waals surface area contributed by atoms with Gasteiger partial charge in [0.05, 0.1) is 0 Å². The van der Waals surface area contributed by atoms with E-state index in [1.807, 2.05) is 6.07 Å². The summed E-state index contributed by atoms with van der Waals surface area (Å²) in [4.78, 5) is 0. The Bertz CT molecular complexity index is 338. The summed E-state index contributed by atoms with van der Waals surface area (Å²) in [6, 6.07) is 3.45. The third-order valence-corrected chi connectivity index (χ3v) is 2.31. The van der Waals surface area contributed by atoms with Gasteiger partial charge in [-0.15, -0.1) is 0 Å². The summed E-state index contributed by atoms with van der Waals surface area (Å²) in [5.41, 5.74) is 1.98. The number of hydrogen-bond donors (Lipinski definition) is 1. The Labute approximate surface area is 93.7 Å². The Kier molecular flexibility index (Phi) is 3.97. The van der Waals surface area contributed by atoms with Crippen molar-refractivity contribution < 1.29 is 13.2 Å². The maximum Gasteiger partial charge on any atom is 0.407 e. The van der Waals surface area contributed by atoms with Crippen LogP contribution in [0.1, 0.15) is 29.7 Å². The molecule has 16 heavy (non-hydrogen) atoms. The predicted octanol–water partition coefficient (Wildman–Crippen LogP) is 3.52. The van der Waals surface area contributed by atoms with Gasteiger partial charge in [0.1, 0.15) is 6.04 Å². The minimum absolute atomic E-state index is 0.284. The van der Waals surface area contributed by atoms with E-state index in [1.54, 1.807) is 32.9 Å². The number of alkyl halides is 3. The minimum atomic E-state index is -4.25. The lowest BCUT2D eigenvalue weighted by molar-refractivity contribution is -0.157. The van der Waals surface area contributed by atoms with Gasteiger partial charge in [0.25, 0.3) is 0 Å². The van der Waals surface area contributed by atoms with Crippen LogP contribution in [0.3, 0.4) is 0 Å². The van der Waals surface area contributed by atoms with Crippen molar-refractivity contribution in [3.63, 3.8) is 0 Å². The summed E-state index contributed by atoms with van der Waals surface area (Å²) in [6.45, 7) is 5.56. The lowest BCUT2D eigenvalue weighted by Gasteiger charge is -2.22. The van der Waals surface area contributed by atoms with Crippen LogP contribution in [0.15, 0.2) is 18.2 Å². The number of aryl methyl sites for hydroxylation is 2. The number of rotatable bonds is 3. The highest BCUT2D eigenvalue weighted by molar-refractivity contribution is 5.31. The lowest BCUT2D eigenvalue weighted by Crippen LogP contribution is -2.34. The van der Waals surface area contributed by atoms with E-state index in [0.717, 1.165) is 11.1 Å². The number of benzene rings is 1. The van der Waals surface area contributed by atoms with Gasteiger partial charge in [-0.1, -0.05) is 36.2 Å². The van der Waals surface area contributed by atoms with Gasteiger partial charge in [-0.05, 0) is 26.0 Å². The molecule has 0 amide bonds. The Balaban J connectivity index is 3.10. The van der Waals surface area contributed by atoms with Crippen LogP contribution in [0.4, 0.5) is 13.2 Å². The van der Waals surface area contributed by atoms with Gasteiger partial charge >= 0.3 is 6.18 Å². The van der Waals surface area contributed by atoms with Crippen LogP contribution in [0.25, 0.3) is 0 Å². The molecule has 1 rings (SSSR count). The zero-order valence-corrected chi connectivity index (χ0v) is 9.65. The smallest absolute Gasteiger partial charge is 0.303 e. The van der Waals surface area contributed by atoms with Crippen molar-refractivity contribution in [2.45, 2.75) is 33.0 Å². The van der Waals surface area contributed by atoms with Gasteiger partial charge in [-0.2, -0.15) is 13.2 Å². The fourth-order valence-corrected chi connectivity index (χ4v) is 1.80. The fourth-order valence-electron chi connectivity index (χ4n) is 1.80. The second-order valence-electron chi connectivity index (χ2n) is 3.95. The summed E-state index contributed by atoms with van der Waals surface area (Å²) in [5.74, 6) is 0. The Hall–Kier alpha value is -1.03. The Morgan fingerprint density at radius 1 is 1.12 bits per heavy atom. The highest BCUT2D eigenvalue weighted by atomic mass is 19.4. The van der Waals surface area contributed by atoms with Crippen LogP contribution >= 0.6 is 0 Å². The average Bonchev–Trinajstić information content (AvgIpc) is 2.10. The molecule has 4 heteroatoms. The quantitative estimate of drug-likeness (QED) is 0.839. The minimum Gasteiger partial charge on any atom is -0.303 e. The molecule has 0 aliphatic rings. The summed E-state index contributed by atoms with van der Waals surface area (Å²) in [7, 11) is 0. The normalized spacial score (nSPS) is 13.9. The molecule has 0 fully saturated rings. The van der Waals surface area contributed by atoms with E-state index in [-0.39, 0.29) is 12.1 Å². The van der Waals surface area contributed by atoms with Gasteiger partial charge in [0.2, 0.25) is 0 Å². The van der Waals surface area contributed by atoms with Gasteiger partial charge in [-0.25, -0.2) is 0 Å². The lowest BCUT2D eigenvalue weighted by atomic mass is 10.0. The van der Waals surface area contributed by atoms with Crippen LogP contribution < -0.4 is 5.32 Å². The van der Waals surface area contributed by atoms with E-state index < -0.39 is 12.2 Å². The molecule has 1 nitrogen and oxygen atoms in total. The van der Waals surface area contributed by atoms with E-state index in [4.69, 9.17) is 0 Å². The maximum atomic E-state index is 12.8. The molecule has 0 heterocycles. The van der Waals surface area contributed by atoms with Gasteiger partial charge in [0, 0.05) is 0 Å². The standard InChI is InChI=1S/C12H16F3N/c1-4-16-11(12(13,14)15)10-6-8(2)5-9(3)7-10/h5-7,11,16H,4H2,1-3H3. The molecule has 1 unspecified atom stereocenters. The monoisotopic (exact) mass is 231 g/mol. The van der Waals surface area contributed by atoms with E-state index in [1.165, 1.54) is 0 Å². The summed E-state index contributed by atoms with van der Waals surface area (Å²) >= 11 is 0. The van der Waals surface area contributed by atoms with Crippen LogP contribution in [-0.4, -0.2) is 12.7 Å². The SMILES string of the molecule is CCNC(c1cc(C)cc(C)c1)C(F)(F)F. The first kappa shape index (κ1) is 13.0. The second-order valence-corrected chi connectivity index (χ2v) is 3.95. The highest BCUT2D eigenvalue weighted by Crippen LogP contribution is 2.33. The largest absolute Gasteiger partial charge is 0.407 e. The molecule has 90 valence electrons. The summed E-state index contributed by atoms with van der Waals surface area (Å²) < 4.78 is 38.4. The molecule has 0 aliphatic heterocycles. The first-order valence-electron chi connectivity index (χ1n) is 5.23. The molecule has 0 bridgehead atoms. The zero-order chi connectivity index (χ0) is 12.3. The van der Waals surface area contributed by atoms with Crippen molar-refractivity contribution in [2.24, 2.45) is 0 Å². The number of halogens is 3. The average molecular weight is 231 g/mol. The molecule has 1 aromatic carbocycles. The predicted molar refractivity (Wildman–Crippen MR) is 58.4 cm³/mol. The molecule has 1 aromatic rings. The molecule has 0 radical (unpaired) electrons. The molecule has 0 saturated carbocycles. The molecular weight excluding hydrogens is 215 g/mol. The molecule has 0 aliphatic carbocycles. The van der Waals surface area contributed by atoms with E-state index >= 15 is 0 Å². The first-order chi connectivity index (χ1) is 7.34. The molecule has 0 saturated heterocycles. The molecule has 0 spiro atoms. The van der Waals surface area contributed by atoms with Crippen molar-refractivity contribution in [3.05, 3.63) is 34.9 Å². The Morgan fingerprint density at radius 2 is 1.62 bits per heavy atom. The van der Waals surface area contributed by atoms with Crippen molar-refractivity contribution >= 4 is 0 Å². The molecule has 0 aromatic heterocycles. The third-order valence-electron chi connectivity index (χ3n) is 2.31. The van der Waals surface area contributed by atoms with Crippen LogP contribution in [0, 0.1) is 13.8 Å². The maximum absolute atomic E-state index is 12.8. The van der Waals surface area contributed by atoms with E-state index in [0.29, 0.717) is 0 Å². The topological polar surface area (TPSA) is 12.0 Å². The van der Waals surface area contributed by atoms with Gasteiger partial charge in [-0.3, -0.25) is 0 Å². The Morgan fingerprint density at radius 3 is 2.00 bits per heavy atom. The number of nitrogens with one attached hydrogen (secondary N) is 1. The van der Waals surface area contributed by atoms with Crippen LogP contribution in [0.2, 0.25) is 0 Å². The highest BCUT2D eigenvalue weighted by Gasteiger charge is 2.40. The fraction of sp³-hybridized carbons (Fsp3) is 0.500. The summed E-state index contributed by atoms with van der Waals surface area (Å²) in [5, 5.41) is 2.47. The van der Waals surface area contributed by atoms with Crippen molar-refractivity contribution in [1.29, 1.82) is 0 Å². The van der Waals surface area contributed by atoms with Crippen LogP contribution in [-0.2, 0) is 0 Å². The van der Waals surface area contributed by atoms with E-state index in [9.17, 15) is 13.2 Å². The first-order valence-corrected chi connectivity index (χ1v) is 5.23. The molecule has 1 N–H and O–H groups in total. The van der Waals surface area contributed by atoms with Gasteiger partial charge < -0.3 is 5.32 Å². The molecule has 1 atom stereocenters. The summed E-state index contributed by atoms with van der Waals surface area (Å²) in [6.07, 6.45) is -4.25. The second kappa shape index (κ2) is 4.87. The van der Waals surface area contributed by atoms with Crippen molar-refractivity contribution in [1.82, 2.24) is 5.32 Å². The number of hydrogen-bond acceptors (Lipinski definition) is 1. The third kappa shape index (κ3) is 3.23. The van der Waals surface area contributed by atoms with Crippen LogP contribution in [0.5, 0.6) is 0 Å². The molecular formula is C12H16F3N.